The van der Waals surface area contributed by atoms with Crippen LogP contribution in [0.1, 0.15) is 37.2 Å². The Balaban J connectivity index is 2.50. The van der Waals surface area contributed by atoms with E-state index in [2.05, 4.69) is 10.3 Å². The van der Waals surface area contributed by atoms with Crippen LogP contribution < -0.4 is 5.32 Å². The summed E-state index contributed by atoms with van der Waals surface area (Å²) >= 11 is 0. The maximum Gasteiger partial charge on any atom is 0.270 e. The number of aliphatic hydroxyl groups is 1. The predicted octanol–water partition coefficient (Wildman–Crippen LogP) is 1.75. The van der Waals surface area contributed by atoms with E-state index in [1.54, 1.807) is 0 Å². The van der Waals surface area contributed by atoms with Gasteiger partial charge in [0.1, 0.15) is 5.69 Å². The predicted molar refractivity (Wildman–Crippen MR) is 66.6 cm³/mol. The van der Waals surface area contributed by atoms with Crippen molar-refractivity contribution < 1.29 is 14.3 Å². The lowest BCUT2D eigenvalue weighted by atomic mass is 9.88. The van der Waals surface area contributed by atoms with E-state index >= 15 is 0 Å². The molecule has 0 fully saturated rings. The largest absolute Gasteiger partial charge is 0.396 e. The van der Waals surface area contributed by atoms with Gasteiger partial charge in [0.05, 0.1) is 0 Å². The molecule has 0 atom stereocenters. The lowest BCUT2D eigenvalue weighted by Crippen LogP contribution is -2.34. The van der Waals surface area contributed by atoms with Crippen LogP contribution >= 0.6 is 0 Å². The molecule has 0 saturated heterocycles. The molecule has 2 N–H and O–H groups in total. The summed E-state index contributed by atoms with van der Waals surface area (Å²) < 4.78 is 12.8. The Kier molecular flexibility index (Phi) is 5.22. The molecule has 0 radical (unpaired) electrons. The van der Waals surface area contributed by atoms with Crippen LogP contribution in [0.3, 0.4) is 0 Å². The van der Waals surface area contributed by atoms with Crippen molar-refractivity contribution in [3.05, 3.63) is 29.8 Å². The van der Waals surface area contributed by atoms with Crippen LogP contribution in [0.15, 0.2) is 18.2 Å². The number of rotatable bonds is 6. The Morgan fingerprint density at radius 2 is 2.22 bits per heavy atom. The highest BCUT2D eigenvalue weighted by Gasteiger charge is 2.19. The maximum absolute atomic E-state index is 12.8. The summed E-state index contributed by atoms with van der Waals surface area (Å²) in [5, 5.41) is 11.5. The molecular formula is C13H19FN2O2. The Hall–Kier alpha value is -1.49. The number of hydrogen-bond donors (Lipinski definition) is 2. The molecule has 1 heterocycles. The zero-order valence-corrected chi connectivity index (χ0v) is 10.7. The van der Waals surface area contributed by atoms with Gasteiger partial charge in [-0.1, -0.05) is 19.9 Å². The maximum atomic E-state index is 12.8. The van der Waals surface area contributed by atoms with Gasteiger partial charge >= 0.3 is 0 Å². The molecule has 5 heteroatoms. The Morgan fingerprint density at radius 3 is 2.83 bits per heavy atom. The SMILES string of the molecule is CC(C)(CCCO)CNC(=O)c1cccc(F)n1. The highest BCUT2D eigenvalue weighted by molar-refractivity contribution is 5.92. The fourth-order valence-electron chi connectivity index (χ4n) is 1.59. The van der Waals surface area contributed by atoms with E-state index in [1.165, 1.54) is 18.2 Å². The third kappa shape index (κ3) is 4.79. The number of nitrogens with one attached hydrogen (secondary N) is 1. The van der Waals surface area contributed by atoms with Gasteiger partial charge in [0.2, 0.25) is 5.95 Å². The third-order valence-electron chi connectivity index (χ3n) is 2.69. The summed E-state index contributed by atoms with van der Waals surface area (Å²) in [5.74, 6) is -1.05. The van der Waals surface area contributed by atoms with Crippen LogP contribution in [0, 0.1) is 11.4 Å². The molecular weight excluding hydrogens is 235 g/mol. The minimum absolute atomic E-state index is 0.0768. The summed E-state index contributed by atoms with van der Waals surface area (Å²) in [6.45, 7) is 4.61. The number of hydrogen-bond acceptors (Lipinski definition) is 3. The van der Waals surface area contributed by atoms with Crippen molar-refractivity contribution in [2.24, 2.45) is 5.41 Å². The first kappa shape index (κ1) is 14.6. The third-order valence-corrected chi connectivity index (χ3v) is 2.69. The van der Waals surface area contributed by atoms with E-state index in [0.717, 1.165) is 6.42 Å². The molecule has 0 aliphatic heterocycles. The fourth-order valence-corrected chi connectivity index (χ4v) is 1.59. The van der Waals surface area contributed by atoms with Gasteiger partial charge in [-0.05, 0) is 30.4 Å². The van der Waals surface area contributed by atoms with Gasteiger partial charge in [0, 0.05) is 13.2 Å². The van der Waals surface area contributed by atoms with E-state index < -0.39 is 5.95 Å². The molecule has 0 spiro atoms. The number of pyridine rings is 1. The van der Waals surface area contributed by atoms with Crippen molar-refractivity contribution >= 4 is 5.91 Å². The van der Waals surface area contributed by atoms with Crippen LogP contribution in [0.5, 0.6) is 0 Å². The summed E-state index contributed by atoms with van der Waals surface area (Å²) in [4.78, 5) is 15.2. The van der Waals surface area contributed by atoms with Crippen molar-refractivity contribution in [2.45, 2.75) is 26.7 Å². The second kappa shape index (κ2) is 6.44. The quantitative estimate of drug-likeness (QED) is 0.760. The van der Waals surface area contributed by atoms with E-state index in [0.29, 0.717) is 13.0 Å². The lowest BCUT2D eigenvalue weighted by Gasteiger charge is -2.24. The molecule has 4 nitrogen and oxygen atoms in total. The van der Waals surface area contributed by atoms with Crippen LogP contribution in [0.4, 0.5) is 4.39 Å². The highest BCUT2D eigenvalue weighted by atomic mass is 19.1. The van der Waals surface area contributed by atoms with Crippen molar-refractivity contribution in [2.75, 3.05) is 13.2 Å². The molecule has 1 amide bonds. The van der Waals surface area contributed by atoms with E-state index in [-0.39, 0.29) is 23.6 Å². The second-order valence-corrected chi connectivity index (χ2v) is 5.02. The Labute approximate surface area is 106 Å². The minimum atomic E-state index is -0.665. The van der Waals surface area contributed by atoms with Gasteiger partial charge in [-0.2, -0.15) is 4.39 Å². The molecule has 18 heavy (non-hydrogen) atoms. The summed E-state index contributed by atoms with van der Waals surface area (Å²) in [5.41, 5.74) is -0.0286. The molecule has 1 rings (SSSR count). The van der Waals surface area contributed by atoms with Crippen molar-refractivity contribution in [1.82, 2.24) is 10.3 Å². The van der Waals surface area contributed by atoms with Gasteiger partial charge in [-0.15, -0.1) is 0 Å². The van der Waals surface area contributed by atoms with E-state index in [9.17, 15) is 9.18 Å². The van der Waals surface area contributed by atoms with Gasteiger partial charge in [-0.25, -0.2) is 4.98 Å². The van der Waals surface area contributed by atoms with Crippen LogP contribution in [0.2, 0.25) is 0 Å². The molecule has 0 aliphatic carbocycles. The molecule has 0 aromatic carbocycles. The molecule has 1 aromatic heterocycles. The summed E-state index contributed by atoms with van der Waals surface area (Å²) in [6, 6.07) is 4.12. The first-order chi connectivity index (χ1) is 8.44. The number of halogens is 1. The fraction of sp³-hybridized carbons (Fsp3) is 0.538. The standard InChI is InChI=1S/C13H19FN2O2/c1-13(2,7-4-8-17)9-15-12(18)10-5-3-6-11(14)16-10/h3,5-6,17H,4,7-9H2,1-2H3,(H,15,18). The lowest BCUT2D eigenvalue weighted by molar-refractivity contribution is 0.0926. The first-order valence-corrected chi connectivity index (χ1v) is 5.96. The van der Waals surface area contributed by atoms with Crippen molar-refractivity contribution in [3.8, 4) is 0 Å². The highest BCUT2D eigenvalue weighted by Crippen LogP contribution is 2.20. The van der Waals surface area contributed by atoms with E-state index in [1.807, 2.05) is 13.8 Å². The number of nitrogens with zero attached hydrogens (tertiary/aromatic N) is 1. The average Bonchev–Trinajstić information content (AvgIpc) is 2.34. The molecule has 0 unspecified atom stereocenters. The molecule has 100 valence electrons. The van der Waals surface area contributed by atoms with Crippen LogP contribution in [-0.4, -0.2) is 29.1 Å². The van der Waals surface area contributed by atoms with Gasteiger partial charge in [-0.3, -0.25) is 4.79 Å². The monoisotopic (exact) mass is 254 g/mol. The Morgan fingerprint density at radius 1 is 1.50 bits per heavy atom. The van der Waals surface area contributed by atoms with E-state index in [4.69, 9.17) is 5.11 Å². The average molecular weight is 254 g/mol. The molecule has 0 bridgehead atoms. The van der Waals surface area contributed by atoms with Gasteiger partial charge in [0.15, 0.2) is 0 Å². The molecule has 1 aromatic rings. The van der Waals surface area contributed by atoms with Gasteiger partial charge < -0.3 is 10.4 Å². The van der Waals surface area contributed by atoms with Crippen molar-refractivity contribution in [3.63, 3.8) is 0 Å². The number of carbonyl (C=O) groups is 1. The second-order valence-electron chi connectivity index (χ2n) is 5.02. The van der Waals surface area contributed by atoms with Crippen LogP contribution in [0.25, 0.3) is 0 Å². The smallest absolute Gasteiger partial charge is 0.270 e. The number of aliphatic hydroxyl groups excluding tert-OH is 1. The summed E-state index contributed by atoms with van der Waals surface area (Å²) in [7, 11) is 0. The number of carbonyl (C=O) groups excluding carboxylic acids is 1. The number of aromatic nitrogens is 1. The van der Waals surface area contributed by atoms with Crippen LogP contribution in [-0.2, 0) is 0 Å². The zero-order valence-electron chi connectivity index (χ0n) is 10.7. The number of amides is 1. The minimum Gasteiger partial charge on any atom is -0.396 e. The molecule has 0 aliphatic rings. The normalized spacial score (nSPS) is 11.3. The topological polar surface area (TPSA) is 62.2 Å². The summed E-state index contributed by atoms with van der Waals surface area (Å²) in [6.07, 6.45) is 1.50. The Bertz CT molecular complexity index is 408. The molecule has 0 saturated carbocycles. The zero-order chi connectivity index (χ0) is 13.6. The first-order valence-electron chi connectivity index (χ1n) is 5.96. The van der Waals surface area contributed by atoms with Crippen molar-refractivity contribution in [1.29, 1.82) is 0 Å². The van der Waals surface area contributed by atoms with Gasteiger partial charge in [0.25, 0.3) is 5.91 Å².